The Kier molecular flexibility index (Phi) is 6.06. The van der Waals surface area contributed by atoms with Crippen LogP contribution in [0.2, 0.25) is 0 Å². The summed E-state index contributed by atoms with van der Waals surface area (Å²) < 4.78 is 5.71. The molecular weight excluding hydrogens is 212 g/mol. The van der Waals surface area contributed by atoms with Crippen molar-refractivity contribution in [2.75, 3.05) is 0 Å². The number of aliphatic hydroxyl groups is 1. The van der Waals surface area contributed by atoms with E-state index in [1.807, 2.05) is 38.1 Å². The quantitative estimate of drug-likeness (QED) is 0.723. The predicted octanol–water partition coefficient (Wildman–Crippen LogP) is 4.09. The van der Waals surface area contributed by atoms with Crippen molar-refractivity contribution in [3.63, 3.8) is 0 Å². The van der Waals surface area contributed by atoms with Gasteiger partial charge in [0.05, 0.1) is 12.2 Å². The van der Waals surface area contributed by atoms with Crippen molar-refractivity contribution < 1.29 is 9.84 Å². The summed E-state index contributed by atoms with van der Waals surface area (Å²) in [6.45, 7) is 6.17. The lowest BCUT2D eigenvalue weighted by Crippen LogP contribution is -2.09. The molecule has 1 aromatic rings. The predicted molar refractivity (Wildman–Crippen MR) is 71.3 cm³/mol. The van der Waals surface area contributed by atoms with Crippen molar-refractivity contribution in [1.82, 2.24) is 0 Å². The minimum atomic E-state index is -0.406. The fourth-order valence-electron chi connectivity index (χ4n) is 1.86. The molecule has 0 amide bonds. The molecule has 96 valence electrons. The number of rotatable bonds is 7. The smallest absolute Gasteiger partial charge is 0.125 e. The highest BCUT2D eigenvalue weighted by Crippen LogP contribution is 2.29. The van der Waals surface area contributed by atoms with E-state index in [1.54, 1.807) is 0 Å². The van der Waals surface area contributed by atoms with Crippen molar-refractivity contribution in [2.24, 2.45) is 0 Å². The Labute approximate surface area is 105 Å². The maximum Gasteiger partial charge on any atom is 0.125 e. The minimum absolute atomic E-state index is 0.138. The van der Waals surface area contributed by atoms with Gasteiger partial charge in [0.25, 0.3) is 0 Å². The molecule has 0 aliphatic rings. The van der Waals surface area contributed by atoms with Gasteiger partial charge in [0.1, 0.15) is 5.75 Å². The van der Waals surface area contributed by atoms with E-state index in [0.717, 1.165) is 24.2 Å². The van der Waals surface area contributed by atoms with Gasteiger partial charge in [0.15, 0.2) is 0 Å². The molecule has 0 saturated heterocycles. The molecule has 0 radical (unpaired) electrons. The zero-order valence-electron chi connectivity index (χ0n) is 11.1. The molecule has 0 heterocycles. The topological polar surface area (TPSA) is 29.5 Å². The first-order chi connectivity index (χ1) is 8.15. The van der Waals surface area contributed by atoms with Crippen molar-refractivity contribution in [2.45, 2.75) is 58.7 Å². The highest BCUT2D eigenvalue weighted by atomic mass is 16.5. The van der Waals surface area contributed by atoms with Gasteiger partial charge in [0.2, 0.25) is 0 Å². The van der Waals surface area contributed by atoms with Gasteiger partial charge in [-0.05, 0) is 26.3 Å². The molecule has 1 N–H and O–H groups in total. The van der Waals surface area contributed by atoms with Gasteiger partial charge in [-0.2, -0.15) is 0 Å². The van der Waals surface area contributed by atoms with Gasteiger partial charge in [-0.15, -0.1) is 0 Å². The average Bonchev–Trinajstić information content (AvgIpc) is 2.29. The first-order valence-electron chi connectivity index (χ1n) is 6.58. The molecule has 1 aromatic carbocycles. The maximum atomic E-state index is 10.2. The Morgan fingerprint density at radius 3 is 2.53 bits per heavy atom. The second kappa shape index (κ2) is 7.33. The molecule has 2 nitrogen and oxygen atoms in total. The summed E-state index contributed by atoms with van der Waals surface area (Å²) in [6, 6.07) is 7.78. The highest BCUT2D eigenvalue weighted by Gasteiger charge is 2.13. The molecular formula is C15H24O2. The summed E-state index contributed by atoms with van der Waals surface area (Å²) >= 11 is 0. The Morgan fingerprint density at radius 1 is 1.18 bits per heavy atom. The third-order valence-electron chi connectivity index (χ3n) is 2.72. The number of unbranched alkanes of at least 4 members (excludes halogenated alkanes) is 2. The largest absolute Gasteiger partial charge is 0.491 e. The molecule has 0 aliphatic heterocycles. The molecule has 1 unspecified atom stereocenters. The highest BCUT2D eigenvalue weighted by molar-refractivity contribution is 5.35. The van der Waals surface area contributed by atoms with Gasteiger partial charge in [-0.3, -0.25) is 0 Å². The molecule has 1 atom stereocenters. The van der Waals surface area contributed by atoms with Gasteiger partial charge in [-0.1, -0.05) is 44.4 Å². The van der Waals surface area contributed by atoms with Gasteiger partial charge in [-0.25, -0.2) is 0 Å². The molecule has 0 spiro atoms. The second-order valence-corrected chi connectivity index (χ2v) is 4.72. The third-order valence-corrected chi connectivity index (χ3v) is 2.72. The first kappa shape index (κ1) is 14.0. The van der Waals surface area contributed by atoms with Crippen LogP contribution in [0.1, 0.15) is 58.1 Å². The van der Waals surface area contributed by atoms with E-state index >= 15 is 0 Å². The fraction of sp³-hybridized carbons (Fsp3) is 0.600. The number of benzene rings is 1. The summed E-state index contributed by atoms with van der Waals surface area (Å²) in [4.78, 5) is 0. The van der Waals surface area contributed by atoms with E-state index in [4.69, 9.17) is 4.74 Å². The van der Waals surface area contributed by atoms with Crippen LogP contribution in [0.3, 0.4) is 0 Å². The average molecular weight is 236 g/mol. The minimum Gasteiger partial charge on any atom is -0.491 e. The first-order valence-corrected chi connectivity index (χ1v) is 6.58. The van der Waals surface area contributed by atoms with E-state index in [2.05, 4.69) is 6.92 Å². The van der Waals surface area contributed by atoms with Crippen molar-refractivity contribution in [3.05, 3.63) is 29.8 Å². The normalized spacial score (nSPS) is 12.8. The number of ether oxygens (including phenoxy) is 1. The SMILES string of the molecule is CCCCCC(O)c1ccccc1OC(C)C. The van der Waals surface area contributed by atoms with Crippen LogP contribution in [0.25, 0.3) is 0 Å². The molecule has 2 heteroatoms. The maximum absolute atomic E-state index is 10.2. The summed E-state index contributed by atoms with van der Waals surface area (Å²) in [5.41, 5.74) is 0.914. The van der Waals surface area contributed by atoms with E-state index in [0.29, 0.717) is 0 Å². The Morgan fingerprint density at radius 2 is 1.88 bits per heavy atom. The number of hydrogen-bond acceptors (Lipinski definition) is 2. The van der Waals surface area contributed by atoms with E-state index in [9.17, 15) is 5.11 Å². The van der Waals surface area contributed by atoms with Crippen LogP contribution in [0.5, 0.6) is 5.75 Å². The van der Waals surface area contributed by atoms with Crippen LogP contribution < -0.4 is 4.74 Å². The molecule has 0 saturated carbocycles. The van der Waals surface area contributed by atoms with Crippen LogP contribution in [0.4, 0.5) is 0 Å². The van der Waals surface area contributed by atoms with Crippen LogP contribution in [-0.4, -0.2) is 11.2 Å². The lowest BCUT2D eigenvalue weighted by molar-refractivity contribution is 0.153. The molecule has 0 fully saturated rings. The molecule has 1 rings (SSSR count). The zero-order chi connectivity index (χ0) is 12.7. The summed E-state index contributed by atoms with van der Waals surface area (Å²) in [5, 5.41) is 10.2. The van der Waals surface area contributed by atoms with Crippen LogP contribution in [0.15, 0.2) is 24.3 Å². The van der Waals surface area contributed by atoms with Crippen molar-refractivity contribution >= 4 is 0 Å². The van der Waals surface area contributed by atoms with Gasteiger partial charge >= 0.3 is 0 Å². The lowest BCUT2D eigenvalue weighted by Gasteiger charge is -2.17. The van der Waals surface area contributed by atoms with Crippen LogP contribution in [-0.2, 0) is 0 Å². The van der Waals surface area contributed by atoms with E-state index < -0.39 is 6.10 Å². The summed E-state index contributed by atoms with van der Waals surface area (Å²) in [6.07, 6.45) is 3.96. The van der Waals surface area contributed by atoms with E-state index in [-0.39, 0.29) is 6.10 Å². The van der Waals surface area contributed by atoms with Crippen molar-refractivity contribution in [3.8, 4) is 5.75 Å². The van der Waals surface area contributed by atoms with Gasteiger partial charge < -0.3 is 9.84 Å². The van der Waals surface area contributed by atoms with Crippen LogP contribution >= 0.6 is 0 Å². The van der Waals surface area contributed by atoms with Crippen LogP contribution in [0, 0.1) is 0 Å². The fourth-order valence-corrected chi connectivity index (χ4v) is 1.86. The van der Waals surface area contributed by atoms with Crippen molar-refractivity contribution in [1.29, 1.82) is 0 Å². The number of aliphatic hydroxyl groups excluding tert-OH is 1. The lowest BCUT2D eigenvalue weighted by atomic mass is 10.0. The molecule has 0 bridgehead atoms. The number of para-hydroxylation sites is 1. The second-order valence-electron chi connectivity index (χ2n) is 4.72. The third kappa shape index (κ3) is 4.78. The molecule has 0 aliphatic carbocycles. The standard InChI is InChI=1S/C15H24O2/c1-4-5-6-10-14(16)13-9-7-8-11-15(13)17-12(2)3/h7-9,11-12,14,16H,4-6,10H2,1-3H3. The van der Waals surface area contributed by atoms with Gasteiger partial charge in [0, 0.05) is 5.56 Å². The Hall–Kier alpha value is -1.02. The molecule has 0 aromatic heterocycles. The number of hydrogen-bond donors (Lipinski definition) is 1. The van der Waals surface area contributed by atoms with E-state index in [1.165, 1.54) is 12.8 Å². The molecule has 17 heavy (non-hydrogen) atoms. The summed E-state index contributed by atoms with van der Waals surface area (Å²) in [5.74, 6) is 0.812. The zero-order valence-corrected chi connectivity index (χ0v) is 11.1. The monoisotopic (exact) mass is 236 g/mol. The Balaban J connectivity index is 2.67. The Bertz CT molecular complexity index is 320. The summed E-state index contributed by atoms with van der Waals surface area (Å²) in [7, 11) is 0.